The second-order valence-corrected chi connectivity index (χ2v) is 6.38. The third-order valence-corrected chi connectivity index (χ3v) is 3.76. The maximum absolute atomic E-state index is 11.6. The van der Waals surface area contributed by atoms with Crippen LogP contribution in [0.15, 0.2) is 12.2 Å². The van der Waals surface area contributed by atoms with E-state index in [4.69, 9.17) is 14.6 Å². The lowest BCUT2D eigenvalue weighted by Crippen LogP contribution is -2.50. The van der Waals surface area contributed by atoms with Crippen LogP contribution < -0.4 is 5.32 Å². The highest BCUT2D eigenvalue weighted by atomic mass is 16.7. The Morgan fingerprint density at radius 3 is 2.79 bits per heavy atom. The number of carbonyl (C=O) groups is 1. The van der Waals surface area contributed by atoms with Gasteiger partial charge in [-0.1, -0.05) is 26.0 Å². The standard InChI is InChI=1S/C17H31NO6/c1-12(2)6-5-8-18-15(21)7-3-4-9-23-16-10-13(20)17(22)14(11-19)24-16/h5-6,12-14,16-17,19-20,22H,3-4,7-11H2,1-2H3,(H,18,21)/b6-5+/t13-,14?,16-,17-/m1/s1. The molecule has 1 unspecified atom stereocenters. The number of nitrogens with one attached hydrogen (secondary N) is 1. The molecule has 0 aromatic heterocycles. The van der Waals surface area contributed by atoms with Gasteiger partial charge in [0.05, 0.1) is 12.7 Å². The van der Waals surface area contributed by atoms with E-state index >= 15 is 0 Å². The zero-order valence-corrected chi connectivity index (χ0v) is 14.6. The lowest BCUT2D eigenvalue weighted by molar-refractivity contribution is -0.256. The highest BCUT2D eigenvalue weighted by molar-refractivity contribution is 5.75. The first-order chi connectivity index (χ1) is 11.4. The summed E-state index contributed by atoms with van der Waals surface area (Å²) in [7, 11) is 0. The number of rotatable bonds is 10. The Morgan fingerprint density at radius 2 is 2.12 bits per heavy atom. The van der Waals surface area contributed by atoms with Crippen LogP contribution in [0.4, 0.5) is 0 Å². The molecule has 1 heterocycles. The molecule has 4 atom stereocenters. The molecule has 1 aliphatic heterocycles. The van der Waals surface area contributed by atoms with Crippen molar-refractivity contribution in [3.8, 4) is 0 Å². The summed E-state index contributed by atoms with van der Waals surface area (Å²) in [6.45, 7) is 4.73. The third-order valence-electron chi connectivity index (χ3n) is 3.76. The van der Waals surface area contributed by atoms with Gasteiger partial charge in [0.15, 0.2) is 6.29 Å². The van der Waals surface area contributed by atoms with Gasteiger partial charge < -0.3 is 30.1 Å². The van der Waals surface area contributed by atoms with E-state index in [2.05, 4.69) is 19.2 Å². The molecular formula is C17H31NO6. The van der Waals surface area contributed by atoms with E-state index in [0.717, 1.165) is 0 Å². The maximum atomic E-state index is 11.6. The summed E-state index contributed by atoms with van der Waals surface area (Å²) in [6, 6.07) is 0. The van der Waals surface area contributed by atoms with E-state index in [9.17, 15) is 15.0 Å². The fraction of sp³-hybridized carbons (Fsp3) is 0.824. The van der Waals surface area contributed by atoms with E-state index in [1.165, 1.54) is 0 Å². The summed E-state index contributed by atoms with van der Waals surface area (Å²) < 4.78 is 10.9. The molecule has 1 saturated heterocycles. The monoisotopic (exact) mass is 345 g/mol. The van der Waals surface area contributed by atoms with E-state index < -0.39 is 24.6 Å². The van der Waals surface area contributed by atoms with Gasteiger partial charge in [0, 0.05) is 26.0 Å². The van der Waals surface area contributed by atoms with Gasteiger partial charge in [-0.25, -0.2) is 0 Å². The molecule has 0 aromatic rings. The molecule has 140 valence electrons. The Balaban J connectivity index is 2.08. The summed E-state index contributed by atoms with van der Waals surface area (Å²) in [6.07, 6.45) is 2.45. The number of hydrogen-bond donors (Lipinski definition) is 4. The molecule has 0 aromatic carbocycles. The van der Waals surface area contributed by atoms with Crippen molar-refractivity contribution >= 4 is 5.91 Å². The summed E-state index contributed by atoms with van der Waals surface area (Å²) in [5, 5.41) is 31.2. The maximum Gasteiger partial charge on any atom is 0.220 e. The van der Waals surface area contributed by atoms with Gasteiger partial charge in [0.25, 0.3) is 0 Å². The van der Waals surface area contributed by atoms with Crippen LogP contribution in [0.25, 0.3) is 0 Å². The Hall–Kier alpha value is -0.990. The van der Waals surface area contributed by atoms with E-state index in [0.29, 0.717) is 38.3 Å². The van der Waals surface area contributed by atoms with Crippen molar-refractivity contribution in [1.82, 2.24) is 5.32 Å². The topological polar surface area (TPSA) is 108 Å². The first-order valence-electron chi connectivity index (χ1n) is 8.61. The molecule has 1 rings (SSSR count). The van der Waals surface area contributed by atoms with Crippen molar-refractivity contribution in [2.24, 2.45) is 5.92 Å². The Morgan fingerprint density at radius 1 is 1.38 bits per heavy atom. The molecule has 7 nitrogen and oxygen atoms in total. The minimum absolute atomic E-state index is 0.0104. The second-order valence-electron chi connectivity index (χ2n) is 6.38. The third kappa shape index (κ3) is 8.21. The van der Waals surface area contributed by atoms with Crippen molar-refractivity contribution in [2.75, 3.05) is 19.8 Å². The molecule has 0 spiro atoms. The number of carbonyl (C=O) groups excluding carboxylic acids is 1. The fourth-order valence-corrected chi connectivity index (χ4v) is 2.38. The zero-order chi connectivity index (χ0) is 17.9. The van der Waals surface area contributed by atoms with Gasteiger partial charge in [0.2, 0.25) is 5.91 Å². The molecule has 0 saturated carbocycles. The molecule has 1 fully saturated rings. The molecule has 4 N–H and O–H groups in total. The first kappa shape index (κ1) is 21.1. The van der Waals surface area contributed by atoms with Gasteiger partial charge in [-0.05, 0) is 18.8 Å². The van der Waals surface area contributed by atoms with Gasteiger partial charge in [-0.15, -0.1) is 0 Å². The largest absolute Gasteiger partial charge is 0.394 e. The quantitative estimate of drug-likeness (QED) is 0.336. The van der Waals surface area contributed by atoms with E-state index in [-0.39, 0.29) is 18.9 Å². The van der Waals surface area contributed by atoms with Crippen molar-refractivity contribution < 1.29 is 29.6 Å². The molecule has 0 bridgehead atoms. The molecule has 0 aliphatic carbocycles. The van der Waals surface area contributed by atoms with Crippen LogP contribution in [-0.2, 0) is 14.3 Å². The van der Waals surface area contributed by atoms with E-state index in [1.807, 2.05) is 12.2 Å². The lowest BCUT2D eigenvalue weighted by Gasteiger charge is -2.36. The zero-order valence-electron chi connectivity index (χ0n) is 14.6. The second kappa shape index (κ2) is 11.5. The number of aliphatic hydroxyl groups excluding tert-OH is 3. The Bertz CT molecular complexity index is 387. The van der Waals surface area contributed by atoms with E-state index in [1.54, 1.807) is 0 Å². The van der Waals surface area contributed by atoms with Crippen LogP contribution in [0.5, 0.6) is 0 Å². The Kier molecular flexibility index (Phi) is 10.1. The molecule has 1 aliphatic rings. The Labute approximate surface area is 143 Å². The summed E-state index contributed by atoms with van der Waals surface area (Å²) >= 11 is 0. The number of hydrogen-bond acceptors (Lipinski definition) is 6. The summed E-state index contributed by atoms with van der Waals surface area (Å²) in [5.74, 6) is 0.488. The minimum atomic E-state index is -1.09. The fourth-order valence-electron chi connectivity index (χ4n) is 2.38. The number of aliphatic hydroxyl groups is 3. The van der Waals surface area contributed by atoms with Crippen LogP contribution in [0.3, 0.4) is 0 Å². The number of amides is 1. The highest BCUT2D eigenvalue weighted by Gasteiger charge is 2.36. The first-order valence-corrected chi connectivity index (χ1v) is 8.61. The van der Waals surface area contributed by atoms with Crippen LogP contribution >= 0.6 is 0 Å². The van der Waals surface area contributed by atoms with Crippen LogP contribution in [0.2, 0.25) is 0 Å². The molecule has 24 heavy (non-hydrogen) atoms. The number of unbranched alkanes of at least 4 members (excludes halogenated alkanes) is 1. The van der Waals surface area contributed by atoms with Crippen molar-refractivity contribution in [3.63, 3.8) is 0 Å². The van der Waals surface area contributed by atoms with Crippen LogP contribution in [0.1, 0.15) is 39.5 Å². The van der Waals surface area contributed by atoms with Gasteiger partial charge in [-0.2, -0.15) is 0 Å². The van der Waals surface area contributed by atoms with Crippen molar-refractivity contribution in [3.05, 3.63) is 12.2 Å². The SMILES string of the molecule is CC(C)/C=C/CNC(=O)CCCCO[C@H]1C[C@@H](O)[C@@H](O)C(CO)O1. The predicted molar refractivity (Wildman–Crippen MR) is 89.2 cm³/mol. The summed E-state index contributed by atoms with van der Waals surface area (Å²) in [4.78, 5) is 11.6. The molecule has 1 amide bonds. The average Bonchev–Trinajstić information content (AvgIpc) is 2.54. The molecule has 0 radical (unpaired) electrons. The van der Waals surface area contributed by atoms with Gasteiger partial charge in [-0.3, -0.25) is 4.79 Å². The van der Waals surface area contributed by atoms with Gasteiger partial charge in [0.1, 0.15) is 12.2 Å². The smallest absolute Gasteiger partial charge is 0.220 e. The van der Waals surface area contributed by atoms with Gasteiger partial charge >= 0.3 is 0 Å². The molecular weight excluding hydrogens is 314 g/mol. The van der Waals surface area contributed by atoms with Crippen molar-refractivity contribution in [1.29, 1.82) is 0 Å². The predicted octanol–water partition coefficient (Wildman–Crippen LogP) is 0.331. The minimum Gasteiger partial charge on any atom is -0.394 e. The average molecular weight is 345 g/mol. The van der Waals surface area contributed by atoms with Crippen molar-refractivity contribution in [2.45, 2.75) is 64.1 Å². The normalized spacial score (nSPS) is 27.8. The summed E-state index contributed by atoms with van der Waals surface area (Å²) in [5.41, 5.74) is 0. The lowest BCUT2D eigenvalue weighted by atomic mass is 10.0. The van der Waals surface area contributed by atoms with Crippen LogP contribution in [-0.4, -0.2) is 65.6 Å². The van der Waals surface area contributed by atoms with Crippen LogP contribution in [0, 0.1) is 5.92 Å². The highest BCUT2D eigenvalue weighted by Crippen LogP contribution is 2.21. The molecule has 7 heteroatoms. The number of ether oxygens (including phenoxy) is 2. The number of allylic oxidation sites excluding steroid dienone is 1.